The van der Waals surface area contributed by atoms with E-state index in [1.54, 1.807) is 19.6 Å². The highest BCUT2D eigenvalue weighted by Crippen LogP contribution is 2.33. The zero-order chi connectivity index (χ0) is 21.5. The molecule has 3 aromatic rings. The van der Waals surface area contributed by atoms with Crippen molar-refractivity contribution in [2.75, 3.05) is 34.9 Å². The number of rotatable bonds is 9. The Balaban J connectivity index is 1.66. The Bertz CT molecular complexity index is 973. The molecule has 0 saturated heterocycles. The predicted molar refractivity (Wildman–Crippen MR) is 121 cm³/mol. The second-order valence-corrected chi connectivity index (χ2v) is 7.98. The quantitative estimate of drug-likeness (QED) is 0.566. The van der Waals surface area contributed by atoms with Crippen LogP contribution in [0.5, 0.6) is 11.5 Å². The van der Waals surface area contributed by atoms with Crippen molar-refractivity contribution in [3.63, 3.8) is 0 Å². The van der Waals surface area contributed by atoms with E-state index in [2.05, 4.69) is 27.3 Å². The molecule has 158 valence electrons. The summed E-state index contributed by atoms with van der Waals surface area (Å²) >= 11 is 1.43. The van der Waals surface area contributed by atoms with Crippen LogP contribution >= 0.6 is 11.3 Å². The lowest BCUT2D eigenvalue weighted by Gasteiger charge is -2.24. The minimum Gasteiger partial charge on any atom is -0.493 e. The SMILES string of the molecule is COc1ccc(-c2nc(C(=O)NCC(Cc3ccccc3)N(C)C)cs2)cc1OC. The third kappa shape index (κ3) is 5.37. The van der Waals surface area contributed by atoms with Crippen molar-refractivity contribution in [3.8, 4) is 22.1 Å². The van der Waals surface area contributed by atoms with Gasteiger partial charge in [-0.3, -0.25) is 4.79 Å². The van der Waals surface area contributed by atoms with Crippen molar-refractivity contribution in [3.05, 3.63) is 65.2 Å². The fourth-order valence-corrected chi connectivity index (χ4v) is 3.90. The van der Waals surface area contributed by atoms with Gasteiger partial charge >= 0.3 is 0 Å². The van der Waals surface area contributed by atoms with E-state index in [0.717, 1.165) is 17.0 Å². The molecular weight excluding hydrogens is 398 g/mol. The average Bonchev–Trinajstić information content (AvgIpc) is 3.26. The van der Waals surface area contributed by atoms with Gasteiger partial charge in [-0.15, -0.1) is 11.3 Å². The summed E-state index contributed by atoms with van der Waals surface area (Å²) in [5.41, 5.74) is 2.55. The van der Waals surface area contributed by atoms with E-state index in [9.17, 15) is 4.79 Å². The van der Waals surface area contributed by atoms with E-state index in [4.69, 9.17) is 9.47 Å². The smallest absolute Gasteiger partial charge is 0.270 e. The Morgan fingerprint density at radius 3 is 2.50 bits per heavy atom. The highest BCUT2D eigenvalue weighted by atomic mass is 32.1. The number of benzene rings is 2. The summed E-state index contributed by atoms with van der Waals surface area (Å²) in [6.45, 7) is 0.546. The molecule has 2 aromatic carbocycles. The molecule has 0 radical (unpaired) electrons. The number of nitrogens with one attached hydrogen (secondary N) is 1. The van der Waals surface area contributed by atoms with Crippen molar-refractivity contribution in [1.82, 2.24) is 15.2 Å². The molecule has 0 aliphatic carbocycles. The maximum absolute atomic E-state index is 12.7. The minimum absolute atomic E-state index is 0.169. The van der Waals surface area contributed by atoms with Crippen LogP contribution in [-0.4, -0.2) is 56.7 Å². The summed E-state index contributed by atoms with van der Waals surface area (Å²) in [7, 11) is 7.25. The molecule has 30 heavy (non-hydrogen) atoms. The number of hydrogen-bond donors (Lipinski definition) is 1. The Morgan fingerprint density at radius 2 is 1.83 bits per heavy atom. The lowest BCUT2D eigenvalue weighted by molar-refractivity contribution is 0.0937. The summed E-state index contributed by atoms with van der Waals surface area (Å²) in [6, 6.07) is 16.1. The second kappa shape index (κ2) is 10.2. The minimum atomic E-state index is -0.169. The molecule has 0 aliphatic rings. The summed E-state index contributed by atoms with van der Waals surface area (Å²) in [5.74, 6) is 1.12. The number of likely N-dealkylation sites (N-methyl/N-ethyl adjacent to an activating group) is 1. The van der Waals surface area contributed by atoms with Crippen molar-refractivity contribution < 1.29 is 14.3 Å². The molecule has 1 unspecified atom stereocenters. The van der Waals surface area contributed by atoms with E-state index in [1.807, 2.05) is 50.5 Å². The van der Waals surface area contributed by atoms with Crippen molar-refractivity contribution in [1.29, 1.82) is 0 Å². The monoisotopic (exact) mass is 425 g/mol. The van der Waals surface area contributed by atoms with Crippen molar-refractivity contribution >= 4 is 17.2 Å². The fraction of sp³-hybridized carbons (Fsp3) is 0.304. The largest absolute Gasteiger partial charge is 0.493 e. The molecule has 0 saturated carbocycles. The highest BCUT2D eigenvalue weighted by Gasteiger charge is 2.17. The first kappa shape index (κ1) is 21.8. The normalized spacial score (nSPS) is 11.9. The van der Waals surface area contributed by atoms with Crippen LogP contribution in [0.4, 0.5) is 0 Å². The molecule has 1 atom stereocenters. The first-order chi connectivity index (χ1) is 14.5. The van der Waals surface area contributed by atoms with Gasteiger partial charge in [0.05, 0.1) is 14.2 Å². The van der Waals surface area contributed by atoms with Gasteiger partial charge < -0.3 is 19.7 Å². The molecule has 3 rings (SSSR count). The number of amides is 1. The zero-order valence-corrected chi connectivity index (χ0v) is 18.5. The van der Waals surface area contributed by atoms with Gasteiger partial charge in [-0.1, -0.05) is 30.3 Å². The van der Waals surface area contributed by atoms with Crippen LogP contribution in [0.15, 0.2) is 53.9 Å². The number of thiazole rings is 1. The van der Waals surface area contributed by atoms with E-state index in [1.165, 1.54) is 16.9 Å². The predicted octanol–water partition coefficient (Wildman–Crippen LogP) is 3.73. The highest BCUT2D eigenvalue weighted by molar-refractivity contribution is 7.13. The third-order valence-electron chi connectivity index (χ3n) is 4.91. The maximum atomic E-state index is 12.7. The van der Waals surface area contributed by atoms with Gasteiger partial charge in [-0.25, -0.2) is 4.98 Å². The van der Waals surface area contributed by atoms with Crippen LogP contribution in [-0.2, 0) is 6.42 Å². The van der Waals surface area contributed by atoms with Gasteiger partial charge in [0, 0.05) is 23.5 Å². The Kier molecular flexibility index (Phi) is 7.43. The molecule has 1 amide bonds. The summed E-state index contributed by atoms with van der Waals surface area (Å²) in [6.07, 6.45) is 0.863. The Labute approximate surface area is 181 Å². The standard InChI is InChI=1S/C23H27N3O3S/c1-26(2)18(12-16-8-6-5-7-9-16)14-24-22(27)19-15-30-23(25-19)17-10-11-20(28-3)21(13-17)29-4/h5-11,13,15,18H,12,14H2,1-4H3,(H,24,27). The third-order valence-corrected chi connectivity index (χ3v) is 5.80. The number of hydrogen-bond acceptors (Lipinski definition) is 6. The van der Waals surface area contributed by atoms with Gasteiger partial charge in [0.25, 0.3) is 5.91 Å². The molecule has 1 aromatic heterocycles. The lowest BCUT2D eigenvalue weighted by atomic mass is 10.1. The number of carbonyl (C=O) groups is 1. The maximum Gasteiger partial charge on any atom is 0.270 e. The molecular formula is C23H27N3O3S. The Morgan fingerprint density at radius 1 is 1.10 bits per heavy atom. The van der Waals surface area contributed by atoms with Crippen LogP contribution in [0.25, 0.3) is 10.6 Å². The molecule has 0 fully saturated rings. The molecule has 6 nitrogen and oxygen atoms in total. The van der Waals surface area contributed by atoms with Gasteiger partial charge in [-0.2, -0.15) is 0 Å². The van der Waals surface area contributed by atoms with Crippen molar-refractivity contribution in [2.24, 2.45) is 0 Å². The Hall–Kier alpha value is -2.90. The molecule has 7 heteroatoms. The van der Waals surface area contributed by atoms with Crippen LogP contribution in [0.1, 0.15) is 16.1 Å². The second-order valence-electron chi connectivity index (χ2n) is 7.12. The first-order valence-electron chi connectivity index (χ1n) is 9.68. The molecule has 0 aliphatic heterocycles. The van der Waals surface area contributed by atoms with Gasteiger partial charge in [0.2, 0.25) is 0 Å². The topological polar surface area (TPSA) is 63.7 Å². The number of ether oxygens (including phenoxy) is 2. The molecule has 1 N–H and O–H groups in total. The summed E-state index contributed by atoms with van der Waals surface area (Å²) in [4.78, 5) is 19.3. The lowest BCUT2D eigenvalue weighted by Crippen LogP contribution is -2.41. The first-order valence-corrected chi connectivity index (χ1v) is 10.6. The van der Waals surface area contributed by atoms with Crippen molar-refractivity contribution in [2.45, 2.75) is 12.5 Å². The summed E-state index contributed by atoms with van der Waals surface area (Å²) in [5, 5.41) is 5.56. The number of aromatic nitrogens is 1. The van der Waals surface area contributed by atoms with Crippen LogP contribution in [0.3, 0.4) is 0 Å². The molecule has 1 heterocycles. The van der Waals surface area contributed by atoms with Gasteiger partial charge in [-0.05, 0) is 44.3 Å². The molecule has 0 spiro atoms. The number of carbonyl (C=O) groups excluding carboxylic acids is 1. The van der Waals surface area contributed by atoms with Gasteiger partial charge in [0.15, 0.2) is 11.5 Å². The van der Waals surface area contributed by atoms with E-state index < -0.39 is 0 Å². The molecule has 0 bridgehead atoms. The van der Waals surface area contributed by atoms with Gasteiger partial charge in [0.1, 0.15) is 10.7 Å². The average molecular weight is 426 g/mol. The number of nitrogens with zero attached hydrogens (tertiary/aromatic N) is 2. The van der Waals surface area contributed by atoms with Crippen LogP contribution in [0, 0.1) is 0 Å². The van der Waals surface area contributed by atoms with Crippen LogP contribution < -0.4 is 14.8 Å². The van der Waals surface area contributed by atoms with Crippen LogP contribution in [0.2, 0.25) is 0 Å². The van der Waals surface area contributed by atoms with E-state index in [-0.39, 0.29) is 11.9 Å². The van der Waals surface area contributed by atoms with E-state index in [0.29, 0.717) is 23.7 Å². The fourth-order valence-electron chi connectivity index (χ4n) is 3.10. The van der Waals surface area contributed by atoms with E-state index >= 15 is 0 Å². The number of methoxy groups -OCH3 is 2. The summed E-state index contributed by atoms with van der Waals surface area (Å²) < 4.78 is 10.6. The zero-order valence-electron chi connectivity index (χ0n) is 17.7.